The van der Waals surface area contributed by atoms with Crippen LogP contribution in [0.1, 0.15) is 57.8 Å². The highest BCUT2D eigenvalue weighted by atomic mass is 32.2. The molecular weight excluding hydrogens is 412 g/mol. The van der Waals surface area contributed by atoms with Crippen LogP contribution in [0.25, 0.3) is 0 Å². The van der Waals surface area contributed by atoms with Crippen LogP contribution < -0.4 is 15.8 Å². The number of hydrogen-bond donors (Lipinski definition) is 3. The summed E-state index contributed by atoms with van der Waals surface area (Å²) in [6.07, 6.45) is 7.28. The Morgan fingerprint density at radius 3 is 2.48 bits per heavy atom. The third-order valence-electron chi connectivity index (χ3n) is 5.11. The van der Waals surface area contributed by atoms with Crippen LogP contribution in [-0.2, 0) is 23.0 Å². The van der Waals surface area contributed by atoms with Gasteiger partial charge in [0.15, 0.2) is 5.96 Å². The highest BCUT2D eigenvalue weighted by Gasteiger charge is 2.17. The van der Waals surface area contributed by atoms with Crippen LogP contribution in [0.4, 0.5) is 0 Å². The van der Waals surface area contributed by atoms with E-state index in [0.29, 0.717) is 13.1 Å². The molecule has 2 rings (SSSR count). The molecule has 1 aromatic heterocycles. The van der Waals surface area contributed by atoms with Crippen molar-refractivity contribution in [1.29, 1.82) is 0 Å². The predicted molar refractivity (Wildman–Crippen MR) is 125 cm³/mol. The SMILES string of the molecule is CCCCCC(C)(C)CNC(=NCc1ccc(S(N)(=O)=O)cc1)NCCc1ccco1. The molecule has 0 radical (unpaired) electrons. The van der Waals surface area contributed by atoms with Gasteiger partial charge in [0.1, 0.15) is 5.76 Å². The fourth-order valence-corrected chi connectivity index (χ4v) is 3.67. The molecule has 8 heteroatoms. The van der Waals surface area contributed by atoms with Crippen molar-refractivity contribution in [3.05, 3.63) is 54.0 Å². The van der Waals surface area contributed by atoms with Crippen LogP contribution in [-0.4, -0.2) is 27.5 Å². The minimum atomic E-state index is -3.69. The van der Waals surface area contributed by atoms with E-state index < -0.39 is 10.0 Å². The molecule has 172 valence electrons. The van der Waals surface area contributed by atoms with Gasteiger partial charge in [-0.1, -0.05) is 52.2 Å². The molecule has 0 amide bonds. The summed E-state index contributed by atoms with van der Waals surface area (Å²) >= 11 is 0. The van der Waals surface area contributed by atoms with Crippen LogP contribution in [0.5, 0.6) is 0 Å². The summed E-state index contributed by atoms with van der Waals surface area (Å²) in [6, 6.07) is 10.3. The Labute approximate surface area is 186 Å². The number of nitrogens with one attached hydrogen (secondary N) is 2. The second-order valence-electron chi connectivity index (χ2n) is 8.58. The Bertz CT molecular complexity index is 905. The molecule has 0 atom stereocenters. The Morgan fingerprint density at radius 1 is 1.13 bits per heavy atom. The molecular formula is C23H36N4O3S. The second-order valence-corrected chi connectivity index (χ2v) is 10.1. The molecule has 0 aliphatic rings. The zero-order valence-electron chi connectivity index (χ0n) is 18.9. The third kappa shape index (κ3) is 9.57. The summed E-state index contributed by atoms with van der Waals surface area (Å²) in [5, 5.41) is 12.0. The van der Waals surface area contributed by atoms with Crippen molar-refractivity contribution in [3.63, 3.8) is 0 Å². The van der Waals surface area contributed by atoms with E-state index in [1.807, 2.05) is 12.1 Å². The maximum Gasteiger partial charge on any atom is 0.238 e. The first-order chi connectivity index (χ1) is 14.7. The molecule has 0 saturated heterocycles. The summed E-state index contributed by atoms with van der Waals surface area (Å²) in [5.74, 6) is 1.65. The number of primary sulfonamides is 1. The summed E-state index contributed by atoms with van der Waals surface area (Å²) in [7, 11) is -3.69. The maximum atomic E-state index is 11.4. The molecule has 7 nitrogen and oxygen atoms in total. The monoisotopic (exact) mass is 448 g/mol. The van der Waals surface area contributed by atoms with Gasteiger partial charge in [-0.2, -0.15) is 0 Å². The minimum absolute atomic E-state index is 0.101. The molecule has 0 aliphatic carbocycles. The highest BCUT2D eigenvalue weighted by Crippen LogP contribution is 2.22. The van der Waals surface area contributed by atoms with E-state index >= 15 is 0 Å². The van der Waals surface area contributed by atoms with Crippen molar-refractivity contribution >= 4 is 16.0 Å². The van der Waals surface area contributed by atoms with Crippen molar-refractivity contribution in [2.75, 3.05) is 13.1 Å². The number of nitrogens with two attached hydrogens (primary N) is 1. The van der Waals surface area contributed by atoms with Gasteiger partial charge in [-0.3, -0.25) is 0 Å². The first-order valence-corrected chi connectivity index (χ1v) is 12.4. The fourth-order valence-electron chi connectivity index (χ4n) is 3.15. The molecule has 0 bridgehead atoms. The number of hydrogen-bond acceptors (Lipinski definition) is 4. The zero-order chi connectivity index (χ0) is 22.7. The largest absolute Gasteiger partial charge is 0.469 e. The van der Waals surface area contributed by atoms with E-state index in [1.165, 1.54) is 31.4 Å². The molecule has 0 fully saturated rings. The van der Waals surface area contributed by atoms with Gasteiger partial charge in [0, 0.05) is 19.5 Å². The lowest BCUT2D eigenvalue weighted by Crippen LogP contribution is -2.42. The molecule has 1 aromatic carbocycles. The summed E-state index contributed by atoms with van der Waals surface area (Å²) in [4.78, 5) is 4.79. The van der Waals surface area contributed by atoms with Crippen molar-refractivity contribution < 1.29 is 12.8 Å². The Hall–Kier alpha value is -2.32. The molecule has 0 spiro atoms. The Kier molecular flexibility index (Phi) is 9.58. The summed E-state index contributed by atoms with van der Waals surface area (Å²) in [5.41, 5.74) is 1.07. The van der Waals surface area contributed by atoms with Gasteiger partial charge >= 0.3 is 0 Å². The molecule has 0 unspecified atom stereocenters. The van der Waals surface area contributed by atoms with E-state index in [2.05, 4.69) is 36.4 Å². The van der Waals surface area contributed by atoms with Crippen molar-refractivity contribution in [3.8, 4) is 0 Å². The van der Waals surface area contributed by atoms with Gasteiger partial charge in [-0.05, 0) is 41.7 Å². The van der Waals surface area contributed by atoms with E-state index in [9.17, 15) is 8.42 Å². The van der Waals surface area contributed by atoms with Crippen LogP contribution in [0.15, 0.2) is 57.0 Å². The molecule has 2 aromatic rings. The normalized spacial score (nSPS) is 12.7. The lowest BCUT2D eigenvalue weighted by molar-refractivity contribution is 0.318. The minimum Gasteiger partial charge on any atom is -0.469 e. The number of furan rings is 1. The topological polar surface area (TPSA) is 110 Å². The standard InChI is InChI=1S/C23H36N4O3S/c1-4-5-6-14-23(2,3)18-27-22(25-15-13-20-8-7-16-30-20)26-17-19-9-11-21(12-10-19)31(24,28)29/h7-12,16H,4-6,13-15,17-18H2,1-3H3,(H2,24,28,29)(H2,25,26,27). The molecule has 31 heavy (non-hydrogen) atoms. The number of benzene rings is 1. The van der Waals surface area contributed by atoms with Crippen molar-refractivity contribution in [1.82, 2.24) is 10.6 Å². The third-order valence-corrected chi connectivity index (χ3v) is 6.04. The number of unbranched alkanes of at least 4 members (excludes halogenated alkanes) is 2. The Morgan fingerprint density at radius 2 is 1.87 bits per heavy atom. The lowest BCUT2D eigenvalue weighted by Gasteiger charge is -2.26. The summed E-state index contributed by atoms with van der Waals surface area (Å²) < 4.78 is 28.2. The van der Waals surface area contributed by atoms with Gasteiger partial charge in [-0.15, -0.1) is 0 Å². The molecule has 1 heterocycles. The maximum absolute atomic E-state index is 11.4. The van der Waals surface area contributed by atoms with Crippen LogP contribution in [0.2, 0.25) is 0 Å². The summed E-state index contributed by atoms with van der Waals surface area (Å²) in [6.45, 7) is 8.68. The zero-order valence-corrected chi connectivity index (χ0v) is 19.7. The first kappa shape index (κ1) is 24.9. The number of rotatable bonds is 12. The fraction of sp³-hybridized carbons (Fsp3) is 0.522. The van der Waals surface area contributed by atoms with E-state index in [-0.39, 0.29) is 10.3 Å². The van der Waals surface area contributed by atoms with Gasteiger partial charge in [-0.25, -0.2) is 18.5 Å². The van der Waals surface area contributed by atoms with Gasteiger partial charge in [0.2, 0.25) is 10.0 Å². The van der Waals surface area contributed by atoms with Gasteiger partial charge in [0.05, 0.1) is 17.7 Å². The number of aliphatic imine (C=N–C) groups is 1. The van der Waals surface area contributed by atoms with E-state index in [4.69, 9.17) is 9.56 Å². The van der Waals surface area contributed by atoms with Crippen molar-refractivity contribution in [2.24, 2.45) is 15.5 Å². The van der Waals surface area contributed by atoms with Crippen LogP contribution in [0.3, 0.4) is 0 Å². The van der Waals surface area contributed by atoms with E-state index in [0.717, 1.165) is 36.7 Å². The average molecular weight is 449 g/mol. The Balaban J connectivity index is 1.99. The smallest absolute Gasteiger partial charge is 0.238 e. The van der Waals surface area contributed by atoms with Gasteiger partial charge in [0.25, 0.3) is 0 Å². The number of guanidine groups is 1. The quantitative estimate of drug-likeness (QED) is 0.260. The lowest BCUT2D eigenvalue weighted by atomic mass is 9.87. The van der Waals surface area contributed by atoms with Gasteiger partial charge < -0.3 is 15.1 Å². The first-order valence-electron chi connectivity index (χ1n) is 10.9. The highest BCUT2D eigenvalue weighted by molar-refractivity contribution is 7.89. The van der Waals surface area contributed by atoms with E-state index in [1.54, 1.807) is 18.4 Å². The van der Waals surface area contributed by atoms with Crippen molar-refractivity contribution in [2.45, 2.75) is 64.3 Å². The molecule has 0 aliphatic heterocycles. The predicted octanol–water partition coefficient (Wildman–Crippen LogP) is 3.81. The molecule has 0 saturated carbocycles. The number of sulfonamides is 1. The second kappa shape index (κ2) is 11.9. The molecule has 4 N–H and O–H groups in total. The number of nitrogens with zero attached hydrogens (tertiary/aromatic N) is 1. The van der Waals surface area contributed by atoms with Crippen LogP contribution in [0, 0.1) is 5.41 Å². The average Bonchev–Trinajstić information content (AvgIpc) is 3.23. The van der Waals surface area contributed by atoms with Crippen LogP contribution >= 0.6 is 0 Å².